The van der Waals surface area contributed by atoms with Gasteiger partial charge in [-0.05, 0) is 55.6 Å². The summed E-state index contributed by atoms with van der Waals surface area (Å²) < 4.78 is 26.5. The predicted molar refractivity (Wildman–Crippen MR) is 115 cm³/mol. The zero-order valence-corrected chi connectivity index (χ0v) is 20.1. The quantitative estimate of drug-likeness (QED) is 0.335. The van der Waals surface area contributed by atoms with Crippen LogP contribution in [0.25, 0.3) is 0 Å². The van der Waals surface area contributed by atoms with Gasteiger partial charge >= 0.3 is 5.69 Å². The Bertz CT molecular complexity index is 823. The van der Waals surface area contributed by atoms with E-state index in [0.29, 0.717) is 10.3 Å². The van der Waals surface area contributed by atoms with Gasteiger partial charge in [0.2, 0.25) is 0 Å². The summed E-state index contributed by atoms with van der Waals surface area (Å²) >= 11 is 1.96. The van der Waals surface area contributed by atoms with Gasteiger partial charge in [0.15, 0.2) is 20.3 Å². The van der Waals surface area contributed by atoms with Crippen molar-refractivity contribution in [1.29, 1.82) is 0 Å². The molecule has 1 N–H and O–H groups in total. The summed E-state index contributed by atoms with van der Waals surface area (Å²) in [4.78, 5) is 26.3. The minimum atomic E-state index is -1.80. The lowest BCUT2D eigenvalue weighted by atomic mass is 10.1. The monoisotopic (exact) mass is 524 g/mol. The van der Waals surface area contributed by atoms with E-state index in [1.165, 1.54) is 10.6 Å². The van der Waals surface area contributed by atoms with Crippen molar-refractivity contribution in [2.24, 2.45) is 0 Å². The number of fused-ring (bicyclic) bond motifs is 1. The smallest absolute Gasteiger partial charge is 0.331 e. The van der Waals surface area contributed by atoms with E-state index >= 15 is 0 Å². The molecule has 0 unspecified atom stereocenters. The molecule has 1 aromatic rings. The number of nitrogens with zero attached hydrogens (tertiary/aromatic N) is 1. The molecule has 2 fully saturated rings. The number of hydrogen-bond acceptors (Lipinski definition) is 6. The minimum absolute atomic E-state index is 0.342. The number of nitrogens with one attached hydrogen (secondary N) is 1. The van der Waals surface area contributed by atoms with Gasteiger partial charge in [-0.15, -0.1) is 0 Å². The van der Waals surface area contributed by atoms with Crippen LogP contribution in [0.15, 0.2) is 15.7 Å². The Morgan fingerprint density at radius 2 is 1.96 bits per heavy atom. The van der Waals surface area contributed by atoms with Gasteiger partial charge in [-0.3, -0.25) is 14.3 Å². The summed E-state index contributed by atoms with van der Waals surface area (Å²) in [5.74, 6) is -0.776. The molecule has 8 nitrogen and oxygen atoms in total. The van der Waals surface area contributed by atoms with E-state index in [9.17, 15) is 9.59 Å². The molecule has 2 aliphatic heterocycles. The molecule has 2 saturated heterocycles. The highest BCUT2D eigenvalue weighted by Crippen LogP contribution is 2.43. The number of unbranched alkanes of at least 4 members (excludes halogenated alkanes) is 1. The number of aromatic nitrogens is 2. The fourth-order valence-electron chi connectivity index (χ4n) is 3.70. The van der Waals surface area contributed by atoms with E-state index in [-0.39, 0.29) is 12.2 Å². The van der Waals surface area contributed by atoms with Crippen molar-refractivity contribution >= 4 is 30.9 Å². The second kappa shape index (κ2) is 8.30. The summed E-state index contributed by atoms with van der Waals surface area (Å²) in [6, 6.07) is 2.46. The molecule has 0 amide bonds. The summed E-state index contributed by atoms with van der Waals surface area (Å²) in [6.07, 6.45) is 0.464. The highest BCUT2D eigenvalue weighted by molar-refractivity contribution is 14.1. The fraction of sp³-hybridized carbons (Fsp3) is 0.778. The Hall–Kier alpha value is -0.533. The summed E-state index contributed by atoms with van der Waals surface area (Å²) in [5, 5.41) is 0. The lowest BCUT2D eigenvalue weighted by Crippen LogP contribution is -2.39. The van der Waals surface area contributed by atoms with E-state index in [2.05, 4.69) is 25.0 Å². The van der Waals surface area contributed by atoms with Gasteiger partial charge in [-0.1, -0.05) is 19.8 Å². The molecule has 3 heterocycles. The van der Waals surface area contributed by atoms with Gasteiger partial charge in [0.1, 0.15) is 18.3 Å². The number of aromatic amines is 1. The highest BCUT2D eigenvalue weighted by atomic mass is 127. The highest BCUT2D eigenvalue weighted by Gasteiger charge is 2.56. The Balaban J connectivity index is 1.83. The molecule has 28 heavy (non-hydrogen) atoms. The largest absolute Gasteiger partial charge is 0.415 e. The van der Waals surface area contributed by atoms with Crippen LogP contribution < -0.4 is 11.2 Å². The second-order valence-electron chi connectivity index (χ2n) is 8.44. The molecule has 0 bridgehead atoms. The molecule has 0 aromatic carbocycles. The van der Waals surface area contributed by atoms with Crippen LogP contribution in [-0.4, -0.2) is 48.6 Å². The number of halogens is 1. The number of ether oxygens (including phenoxy) is 3. The van der Waals surface area contributed by atoms with Crippen molar-refractivity contribution in [2.45, 2.75) is 83.1 Å². The molecule has 0 aliphatic carbocycles. The molecule has 4 atom stereocenters. The predicted octanol–water partition coefficient (Wildman–Crippen LogP) is 2.58. The van der Waals surface area contributed by atoms with Crippen LogP contribution in [0.2, 0.25) is 19.1 Å². The van der Waals surface area contributed by atoms with E-state index in [1.807, 2.05) is 36.4 Å². The number of H-pyrrole nitrogens is 1. The van der Waals surface area contributed by atoms with Crippen LogP contribution >= 0.6 is 22.6 Å². The third kappa shape index (κ3) is 4.78. The molecular weight excluding hydrogens is 495 g/mol. The van der Waals surface area contributed by atoms with Crippen LogP contribution in [0, 0.1) is 3.70 Å². The summed E-state index contributed by atoms with van der Waals surface area (Å²) in [7, 11) is -1.80. The van der Waals surface area contributed by atoms with Crippen molar-refractivity contribution in [3.05, 3.63) is 30.6 Å². The summed E-state index contributed by atoms with van der Waals surface area (Å²) in [6.45, 7) is 10.7. The first-order valence-corrected chi connectivity index (χ1v) is 13.9. The average Bonchev–Trinajstić information content (AvgIpc) is 3.04. The molecule has 10 heteroatoms. The van der Waals surface area contributed by atoms with E-state index < -0.39 is 37.7 Å². The van der Waals surface area contributed by atoms with E-state index in [4.69, 9.17) is 18.6 Å². The molecule has 158 valence electrons. The molecular formula is C18H29IN2O6Si. The molecule has 3 rings (SSSR count). The molecule has 0 spiro atoms. The van der Waals surface area contributed by atoms with Gasteiger partial charge in [-0.2, -0.15) is 0 Å². The van der Waals surface area contributed by atoms with Gasteiger partial charge < -0.3 is 18.6 Å². The van der Waals surface area contributed by atoms with Crippen LogP contribution in [-0.2, 0) is 18.6 Å². The third-order valence-corrected chi connectivity index (χ3v) is 8.42. The van der Waals surface area contributed by atoms with Crippen molar-refractivity contribution in [1.82, 2.24) is 9.55 Å². The van der Waals surface area contributed by atoms with Crippen molar-refractivity contribution in [2.75, 3.05) is 6.61 Å². The molecule has 1 aromatic heterocycles. The van der Waals surface area contributed by atoms with Crippen LogP contribution in [0.5, 0.6) is 0 Å². The first kappa shape index (κ1) is 22.2. The third-order valence-electron chi connectivity index (χ3n) is 5.08. The van der Waals surface area contributed by atoms with Crippen LogP contribution in [0.3, 0.4) is 0 Å². The number of rotatable bonds is 7. The Morgan fingerprint density at radius 3 is 2.61 bits per heavy atom. The molecule has 0 saturated carbocycles. The fourth-order valence-corrected chi connectivity index (χ4v) is 6.44. The maximum absolute atomic E-state index is 12.4. The standard InChI is InChI=1S/C18H29IN2O6Si/c1-6-7-8-28(4,5)24-10-11-14-15(27-18(2,3)26-14)16(25-11)21-12(19)9-13(22)20-17(21)23/h9,11,14-16H,6-8,10H2,1-5H3,(H,20,22,23)/t11-,14-,15-,16-/m1/s1. The average molecular weight is 524 g/mol. The van der Waals surface area contributed by atoms with Crippen LogP contribution in [0.4, 0.5) is 0 Å². The maximum Gasteiger partial charge on any atom is 0.331 e. The van der Waals surface area contributed by atoms with Gasteiger partial charge in [0.05, 0.1) is 10.3 Å². The lowest BCUT2D eigenvalue weighted by Gasteiger charge is -2.28. The molecule has 2 aliphatic rings. The zero-order valence-electron chi connectivity index (χ0n) is 17.0. The Kier molecular flexibility index (Phi) is 6.57. The lowest BCUT2D eigenvalue weighted by molar-refractivity contribution is -0.200. The second-order valence-corrected chi connectivity index (χ2v) is 13.8. The van der Waals surface area contributed by atoms with Crippen molar-refractivity contribution in [3.8, 4) is 0 Å². The van der Waals surface area contributed by atoms with E-state index in [0.717, 1.165) is 18.9 Å². The Labute approximate surface area is 179 Å². The van der Waals surface area contributed by atoms with Crippen molar-refractivity contribution < 1.29 is 18.6 Å². The minimum Gasteiger partial charge on any atom is -0.415 e. The van der Waals surface area contributed by atoms with Crippen LogP contribution in [0.1, 0.15) is 39.8 Å². The summed E-state index contributed by atoms with van der Waals surface area (Å²) in [5.41, 5.74) is -0.958. The van der Waals surface area contributed by atoms with Gasteiger partial charge in [0, 0.05) is 6.07 Å². The zero-order chi connectivity index (χ0) is 20.7. The normalized spacial score (nSPS) is 29.2. The number of hydrogen-bond donors (Lipinski definition) is 1. The first-order chi connectivity index (χ1) is 13.0. The maximum atomic E-state index is 12.4. The topological polar surface area (TPSA) is 91.8 Å². The Morgan fingerprint density at radius 1 is 1.29 bits per heavy atom. The van der Waals surface area contributed by atoms with Gasteiger partial charge in [0.25, 0.3) is 5.56 Å². The van der Waals surface area contributed by atoms with Gasteiger partial charge in [-0.25, -0.2) is 4.79 Å². The first-order valence-electron chi connectivity index (χ1n) is 9.69. The van der Waals surface area contributed by atoms with E-state index in [1.54, 1.807) is 0 Å². The SMILES string of the molecule is CCCC[Si](C)(C)OC[C@H]1O[C@@H](n2c(I)cc(=O)[nH]c2=O)[C@@H]2OC(C)(C)O[C@@H]21. The van der Waals surface area contributed by atoms with Crippen molar-refractivity contribution in [3.63, 3.8) is 0 Å². The molecule has 0 radical (unpaired) electrons.